The first-order valence-corrected chi connectivity index (χ1v) is 5.42. The molecule has 1 aromatic carbocycles. The Morgan fingerprint density at radius 2 is 1.86 bits per heavy atom. The third-order valence-corrected chi connectivity index (χ3v) is 2.53. The molecule has 0 radical (unpaired) electrons. The maximum absolute atomic E-state index is 12.0. The molecule has 0 aliphatic heterocycles. The van der Waals surface area contributed by atoms with E-state index < -0.39 is 4.32 Å². The molecule has 0 spiro atoms. The van der Waals surface area contributed by atoms with E-state index in [9.17, 15) is 4.79 Å². The number of aryl methyl sites for hydroxylation is 2. The average Bonchev–Trinajstić information content (AvgIpc) is 2.01. The summed E-state index contributed by atoms with van der Waals surface area (Å²) in [6.07, 6.45) is 0. The second-order valence-corrected chi connectivity index (χ2v) is 6.10. The Balaban J connectivity index is 3.15. The number of halogens is 1. The lowest BCUT2D eigenvalue weighted by atomic mass is 9.96. The SMILES string of the molecule is Cc1ccc(C(=O)C(C)(C)Br)c(C)c1. The number of hydrogen-bond acceptors (Lipinski definition) is 1. The molecule has 2 heteroatoms. The van der Waals surface area contributed by atoms with Crippen LogP contribution in [0.25, 0.3) is 0 Å². The van der Waals surface area contributed by atoms with Crippen LogP contribution in [0.1, 0.15) is 35.3 Å². The zero-order valence-corrected chi connectivity index (χ0v) is 10.6. The quantitative estimate of drug-likeness (QED) is 0.582. The Bertz CT molecular complexity index is 361. The van der Waals surface area contributed by atoms with Crippen LogP contribution < -0.4 is 0 Å². The van der Waals surface area contributed by atoms with Crippen LogP contribution in [0.5, 0.6) is 0 Å². The molecule has 0 saturated carbocycles. The van der Waals surface area contributed by atoms with Crippen molar-refractivity contribution in [2.75, 3.05) is 0 Å². The highest BCUT2D eigenvalue weighted by Gasteiger charge is 2.25. The molecule has 0 amide bonds. The highest BCUT2D eigenvalue weighted by atomic mass is 79.9. The predicted octanol–water partition coefficient (Wildman–Crippen LogP) is 3.66. The summed E-state index contributed by atoms with van der Waals surface area (Å²) in [4.78, 5) is 12.0. The molecule has 0 aliphatic carbocycles. The molecule has 0 fully saturated rings. The van der Waals surface area contributed by atoms with Gasteiger partial charge in [-0.25, -0.2) is 0 Å². The number of benzene rings is 1. The average molecular weight is 255 g/mol. The lowest BCUT2D eigenvalue weighted by Crippen LogP contribution is -2.24. The maximum Gasteiger partial charge on any atom is 0.179 e. The van der Waals surface area contributed by atoms with E-state index in [1.54, 1.807) is 0 Å². The first kappa shape index (κ1) is 11.4. The lowest BCUT2D eigenvalue weighted by Gasteiger charge is -2.16. The van der Waals surface area contributed by atoms with Gasteiger partial charge >= 0.3 is 0 Å². The van der Waals surface area contributed by atoms with Crippen molar-refractivity contribution in [1.29, 1.82) is 0 Å². The van der Waals surface area contributed by atoms with Gasteiger partial charge in [0.05, 0.1) is 4.32 Å². The van der Waals surface area contributed by atoms with Crippen LogP contribution in [-0.4, -0.2) is 10.1 Å². The van der Waals surface area contributed by atoms with Crippen molar-refractivity contribution in [3.05, 3.63) is 34.9 Å². The molecule has 0 unspecified atom stereocenters. The lowest BCUT2D eigenvalue weighted by molar-refractivity contribution is 0.0960. The molecular weight excluding hydrogens is 240 g/mol. The number of hydrogen-bond donors (Lipinski definition) is 0. The molecule has 0 aromatic heterocycles. The van der Waals surface area contributed by atoms with E-state index in [1.807, 2.05) is 45.9 Å². The van der Waals surface area contributed by atoms with Crippen LogP contribution in [0.15, 0.2) is 18.2 Å². The van der Waals surface area contributed by atoms with E-state index >= 15 is 0 Å². The summed E-state index contributed by atoms with van der Waals surface area (Å²) in [5, 5.41) is 0. The van der Waals surface area contributed by atoms with E-state index in [1.165, 1.54) is 5.56 Å². The van der Waals surface area contributed by atoms with E-state index in [2.05, 4.69) is 15.9 Å². The second-order valence-electron chi connectivity index (χ2n) is 4.12. The molecule has 1 rings (SSSR count). The summed E-state index contributed by atoms with van der Waals surface area (Å²) in [5.41, 5.74) is 3.03. The summed E-state index contributed by atoms with van der Waals surface area (Å²) in [6.45, 7) is 7.74. The molecule has 0 bridgehead atoms. The van der Waals surface area contributed by atoms with E-state index in [4.69, 9.17) is 0 Å². The van der Waals surface area contributed by atoms with Crippen LogP contribution in [0.3, 0.4) is 0 Å². The summed E-state index contributed by atoms with van der Waals surface area (Å²) in [5.74, 6) is 0.134. The minimum atomic E-state index is -0.479. The molecule has 0 saturated heterocycles. The van der Waals surface area contributed by atoms with Gasteiger partial charge in [0.1, 0.15) is 0 Å². The van der Waals surface area contributed by atoms with Crippen molar-refractivity contribution in [3.8, 4) is 0 Å². The Hall–Kier alpha value is -0.630. The Morgan fingerprint density at radius 1 is 1.29 bits per heavy atom. The molecule has 1 aromatic rings. The monoisotopic (exact) mass is 254 g/mol. The van der Waals surface area contributed by atoms with Crippen molar-refractivity contribution in [2.45, 2.75) is 32.0 Å². The van der Waals surface area contributed by atoms with Gasteiger partial charge < -0.3 is 0 Å². The van der Waals surface area contributed by atoms with Gasteiger partial charge in [-0.05, 0) is 33.3 Å². The van der Waals surface area contributed by atoms with Crippen LogP contribution in [0.2, 0.25) is 0 Å². The van der Waals surface area contributed by atoms with Gasteiger partial charge in [0.2, 0.25) is 0 Å². The molecule has 0 N–H and O–H groups in total. The van der Waals surface area contributed by atoms with Crippen molar-refractivity contribution >= 4 is 21.7 Å². The van der Waals surface area contributed by atoms with Crippen LogP contribution in [0.4, 0.5) is 0 Å². The van der Waals surface area contributed by atoms with Crippen LogP contribution >= 0.6 is 15.9 Å². The predicted molar refractivity (Wildman–Crippen MR) is 63.3 cm³/mol. The van der Waals surface area contributed by atoms with Gasteiger partial charge in [-0.1, -0.05) is 39.7 Å². The van der Waals surface area contributed by atoms with Crippen molar-refractivity contribution in [3.63, 3.8) is 0 Å². The topological polar surface area (TPSA) is 17.1 Å². The standard InChI is InChI=1S/C12H15BrO/c1-8-5-6-10(9(2)7-8)11(14)12(3,4)13/h5-7H,1-4H3. The van der Waals surface area contributed by atoms with Gasteiger partial charge in [-0.15, -0.1) is 0 Å². The van der Waals surface area contributed by atoms with Gasteiger partial charge in [-0.2, -0.15) is 0 Å². The fraction of sp³-hybridized carbons (Fsp3) is 0.417. The van der Waals surface area contributed by atoms with Crippen molar-refractivity contribution < 1.29 is 4.79 Å². The van der Waals surface area contributed by atoms with Gasteiger partial charge in [0.15, 0.2) is 5.78 Å². The summed E-state index contributed by atoms with van der Waals surface area (Å²) in [7, 11) is 0. The maximum atomic E-state index is 12.0. The molecule has 1 nitrogen and oxygen atoms in total. The number of ketones is 1. The minimum Gasteiger partial charge on any atom is -0.293 e. The van der Waals surface area contributed by atoms with Crippen molar-refractivity contribution in [1.82, 2.24) is 0 Å². The fourth-order valence-electron chi connectivity index (χ4n) is 1.39. The van der Waals surface area contributed by atoms with Gasteiger partial charge in [0, 0.05) is 5.56 Å². The summed E-state index contributed by atoms with van der Waals surface area (Å²) < 4.78 is -0.479. The number of alkyl halides is 1. The number of Topliss-reactive ketones (excluding diaryl/α,β-unsaturated/α-hetero) is 1. The largest absolute Gasteiger partial charge is 0.293 e. The zero-order valence-electron chi connectivity index (χ0n) is 9.02. The Kier molecular flexibility index (Phi) is 3.15. The molecular formula is C12H15BrO. The Morgan fingerprint density at radius 3 is 2.29 bits per heavy atom. The molecule has 0 atom stereocenters. The summed E-state index contributed by atoms with van der Waals surface area (Å²) >= 11 is 3.38. The minimum absolute atomic E-state index is 0.134. The van der Waals surface area contributed by atoms with Gasteiger partial charge in [-0.3, -0.25) is 4.79 Å². The third-order valence-electron chi connectivity index (χ3n) is 2.17. The van der Waals surface area contributed by atoms with E-state index in [0.29, 0.717) is 0 Å². The number of carbonyl (C=O) groups excluding carboxylic acids is 1. The third kappa shape index (κ3) is 2.44. The fourth-order valence-corrected chi connectivity index (χ4v) is 1.60. The molecule has 0 aliphatic rings. The molecule has 14 heavy (non-hydrogen) atoms. The highest BCUT2D eigenvalue weighted by molar-refractivity contribution is 9.10. The van der Waals surface area contributed by atoms with E-state index in [-0.39, 0.29) is 5.78 Å². The van der Waals surface area contributed by atoms with Crippen LogP contribution in [-0.2, 0) is 0 Å². The highest BCUT2D eigenvalue weighted by Crippen LogP contribution is 2.24. The number of carbonyl (C=O) groups is 1. The zero-order chi connectivity index (χ0) is 10.9. The normalized spacial score (nSPS) is 11.5. The number of rotatable bonds is 2. The first-order valence-electron chi connectivity index (χ1n) is 4.63. The second kappa shape index (κ2) is 3.85. The summed E-state index contributed by atoms with van der Waals surface area (Å²) in [6, 6.07) is 5.90. The van der Waals surface area contributed by atoms with Crippen LogP contribution in [0, 0.1) is 13.8 Å². The first-order chi connectivity index (χ1) is 6.32. The molecule has 0 heterocycles. The smallest absolute Gasteiger partial charge is 0.179 e. The Labute approximate surface area is 93.7 Å². The molecule has 76 valence electrons. The van der Waals surface area contributed by atoms with Gasteiger partial charge in [0.25, 0.3) is 0 Å². The van der Waals surface area contributed by atoms with E-state index in [0.717, 1.165) is 11.1 Å². The van der Waals surface area contributed by atoms with Crippen molar-refractivity contribution in [2.24, 2.45) is 0 Å².